The second kappa shape index (κ2) is 9.57. The monoisotopic (exact) mass is 435 g/mol. The first kappa shape index (κ1) is 22.2. The third-order valence-electron chi connectivity index (χ3n) is 4.84. The van der Waals surface area contributed by atoms with E-state index >= 15 is 0 Å². The van der Waals surface area contributed by atoms with E-state index in [1.54, 1.807) is 30.3 Å². The van der Waals surface area contributed by atoms with Crippen molar-refractivity contribution in [3.8, 4) is 0 Å². The van der Waals surface area contributed by atoms with Gasteiger partial charge in [0, 0.05) is 0 Å². The number of hydrogen-bond donors (Lipinski definition) is 1. The second-order valence-electron chi connectivity index (χ2n) is 7.30. The van der Waals surface area contributed by atoms with E-state index in [1.807, 2.05) is 51.1 Å². The van der Waals surface area contributed by atoms with Crippen molar-refractivity contribution in [3.05, 3.63) is 95.1 Å². The molecule has 3 aromatic carbocycles. The lowest BCUT2D eigenvalue weighted by Crippen LogP contribution is -2.39. The summed E-state index contributed by atoms with van der Waals surface area (Å²) in [6, 6.07) is 21.0. The number of sulfonamides is 1. The van der Waals surface area contributed by atoms with Crippen LogP contribution in [0.1, 0.15) is 22.3 Å². The second-order valence-corrected chi connectivity index (χ2v) is 9.16. The van der Waals surface area contributed by atoms with Crippen LogP contribution in [0.4, 0.5) is 5.69 Å². The van der Waals surface area contributed by atoms with Gasteiger partial charge in [-0.05, 0) is 61.7 Å². The smallest absolute Gasteiger partial charge is 0.264 e. The maximum Gasteiger partial charge on any atom is 0.264 e. The summed E-state index contributed by atoms with van der Waals surface area (Å²) in [4.78, 5) is 12.7. The fraction of sp³-hybridized carbons (Fsp3) is 0.167. The number of nitrogens with one attached hydrogen (secondary N) is 1. The van der Waals surface area contributed by atoms with Crippen LogP contribution in [-0.4, -0.2) is 27.1 Å². The number of carbonyl (C=O) groups is 1. The molecular formula is C24H25N3O3S. The van der Waals surface area contributed by atoms with Gasteiger partial charge in [0.05, 0.1) is 16.8 Å². The third-order valence-corrected chi connectivity index (χ3v) is 6.63. The Morgan fingerprint density at radius 3 is 2.35 bits per heavy atom. The summed E-state index contributed by atoms with van der Waals surface area (Å²) < 4.78 is 27.7. The minimum absolute atomic E-state index is 0.115. The molecule has 0 saturated carbocycles. The summed E-state index contributed by atoms with van der Waals surface area (Å²) in [6.07, 6.45) is 1.52. The van der Waals surface area contributed by atoms with E-state index in [9.17, 15) is 13.2 Å². The Bertz CT molecular complexity index is 1210. The van der Waals surface area contributed by atoms with Gasteiger partial charge >= 0.3 is 0 Å². The maximum atomic E-state index is 13.3. The number of amides is 1. The molecule has 0 aliphatic carbocycles. The van der Waals surface area contributed by atoms with E-state index in [0.717, 1.165) is 26.6 Å². The number of nitrogens with zero attached hydrogens (tertiary/aromatic N) is 2. The topological polar surface area (TPSA) is 78.8 Å². The van der Waals surface area contributed by atoms with Crippen molar-refractivity contribution in [2.24, 2.45) is 5.10 Å². The van der Waals surface area contributed by atoms with E-state index in [-0.39, 0.29) is 4.90 Å². The average molecular weight is 436 g/mol. The van der Waals surface area contributed by atoms with Gasteiger partial charge in [0.15, 0.2) is 0 Å². The normalized spacial score (nSPS) is 11.5. The van der Waals surface area contributed by atoms with Gasteiger partial charge in [-0.3, -0.25) is 9.10 Å². The van der Waals surface area contributed by atoms with Crippen LogP contribution in [0.5, 0.6) is 0 Å². The Labute approximate surface area is 183 Å². The molecule has 160 valence electrons. The van der Waals surface area contributed by atoms with Crippen molar-refractivity contribution < 1.29 is 13.2 Å². The Kier molecular flexibility index (Phi) is 6.87. The first-order chi connectivity index (χ1) is 14.8. The van der Waals surface area contributed by atoms with E-state index in [1.165, 1.54) is 18.3 Å². The lowest BCUT2D eigenvalue weighted by atomic mass is 10.1. The largest absolute Gasteiger partial charge is 0.271 e. The summed E-state index contributed by atoms with van der Waals surface area (Å²) in [7, 11) is -3.94. The molecule has 7 heteroatoms. The fourth-order valence-corrected chi connectivity index (χ4v) is 4.44. The van der Waals surface area contributed by atoms with Crippen molar-refractivity contribution in [1.29, 1.82) is 0 Å². The molecule has 0 aromatic heterocycles. The number of hydrazone groups is 1. The van der Waals surface area contributed by atoms with Crippen molar-refractivity contribution >= 4 is 27.8 Å². The predicted octanol–water partition coefficient (Wildman–Crippen LogP) is 3.96. The van der Waals surface area contributed by atoms with Crippen molar-refractivity contribution in [2.75, 3.05) is 10.8 Å². The summed E-state index contributed by atoms with van der Waals surface area (Å²) >= 11 is 0. The van der Waals surface area contributed by atoms with E-state index < -0.39 is 22.5 Å². The Balaban J connectivity index is 1.86. The van der Waals surface area contributed by atoms with Gasteiger partial charge in [0.1, 0.15) is 6.54 Å². The summed E-state index contributed by atoms with van der Waals surface area (Å²) in [5.41, 5.74) is 6.73. The van der Waals surface area contributed by atoms with Crippen molar-refractivity contribution in [1.82, 2.24) is 5.43 Å². The van der Waals surface area contributed by atoms with Gasteiger partial charge in [-0.2, -0.15) is 5.10 Å². The number of hydrogen-bond acceptors (Lipinski definition) is 4. The molecule has 0 aliphatic rings. The number of aryl methyl sites for hydroxylation is 3. The molecule has 1 N–H and O–H groups in total. The molecule has 31 heavy (non-hydrogen) atoms. The highest BCUT2D eigenvalue weighted by Crippen LogP contribution is 2.25. The molecule has 0 spiro atoms. The number of benzene rings is 3. The highest BCUT2D eigenvalue weighted by Gasteiger charge is 2.27. The molecule has 3 aromatic rings. The quantitative estimate of drug-likeness (QED) is 0.451. The van der Waals surface area contributed by atoms with Crippen LogP contribution in [0.25, 0.3) is 0 Å². The van der Waals surface area contributed by atoms with Gasteiger partial charge in [0.2, 0.25) is 0 Å². The van der Waals surface area contributed by atoms with Gasteiger partial charge in [-0.15, -0.1) is 0 Å². The molecular weight excluding hydrogens is 410 g/mol. The fourth-order valence-electron chi connectivity index (χ4n) is 3.01. The highest BCUT2D eigenvalue weighted by molar-refractivity contribution is 7.92. The van der Waals surface area contributed by atoms with Gasteiger partial charge in [0.25, 0.3) is 15.9 Å². The number of rotatable bonds is 7. The van der Waals surface area contributed by atoms with E-state index in [0.29, 0.717) is 5.69 Å². The van der Waals surface area contributed by atoms with Crippen LogP contribution in [0, 0.1) is 20.8 Å². The highest BCUT2D eigenvalue weighted by atomic mass is 32.2. The average Bonchev–Trinajstić information content (AvgIpc) is 2.75. The van der Waals surface area contributed by atoms with Gasteiger partial charge in [-0.25, -0.2) is 13.8 Å². The van der Waals surface area contributed by atoms with Crippen LogP contribution < -0.4 is 9.73 Å². The Hall–Kier alpha value is -3.45. The molecule has 0 bridgehead atoms. The summed E-state index contributed by atoms with van der Waals surface area (Å²) in [6.45, 7) is 5.41. The zero-order valence-corrected chi connectivity index (χ0v) is 18.6. The molecule has 6 nitrogen and oxygen atoms in total. The zero-order chi connectivity index (χ0) is 22.4. The summed E-state index contributed by atoms with van der Waals surface area (Å²) in [5.74, 6) is -0.540. The molecule has 0 atom stereocenters. The van der Waals surface area contributed by atoms with Gasteiger partial charge < -0.3 is 0 Å². The molecule has 0 unspecified atom stereocenters. The van der Waals surface area contributed by atoms with Crippen molar-refractivity contribution in [3.63, 3.8) is 0 Å². The van der Waals surface area contributed by atoms with Crippen LogP contribution in [0.3, 0.4) is 0 Å². The first-order valence-electron chi connectivity index (χ1n) is 9.81. The maximum absolute atomic E-state index is 13.3. The molecule has 3 rings (SSSR count). The zero-order valence-electron chi connectivity index (χ0n) is 17.7. The first-order valence-corrected chi connectivity index (χ1v) is 11.2. The Morgan fingerprint density at radius 1 is 0.935 bits per heavy atom. The molecule has 0 saturated heterocycles. The molecule has 0 radical (unpaired) electrons. The predicted molar refractivity (Wildman–Crippen MR) is 124 cm³/mol. The minimum Gasteiger partial charge on any atom is -0.271 e. The molecule has 0 heterocycles. The number of anilines is 1. The van der Waals surface area contributed by atoms with E-state index in [4.69, 9.17) is 0 Å². The molecule has 0 fully saturated rings. The van der Waals surface area contributed by atoms with Crippen LogP contribution in [0.2, 0.25) is 0 Å². The lowest BCUT2D eigenvalue weighted by molar-refractivity contribution is -0.119. The SMILES string of the molecule is Cc1cccc(/C=N\NC(=O)CN(c2ccc(C)c(C)c2)S(=O)(=O)c2ccccc2)c1. The summed E-state index contributed by atoms with van der Waals surface area (Å²) in [5, 5.41) is 3.97. The third kappa shape index (κ3) is 5.58. The van der Waals surface area contributed by atoms with Crippen LogP contribution >= 0.6 is 0 Å². The van der Waals surface area contributed by atoms with E-state index in [2.05, 4.69) is 10.5 Å². The minimum atomic E-state index is -3.94. The van der Waals surface area contributed by atoms with Crippen LogP contribution in [-0.2, 0) is 14.8 Å². The molecule has 0 aliphatic heterocycles. The number of carbonyl (C=O) groups excluding carboxylic acids is 1. The standard InChI is InChI=1S/C24H25N3O3S/c1-18-8-7-9-21(14-18)16-25-26-24(28)17-27(22-13-12-19(2)20(3)15-22)31(29,30)23-10-5-4-6-11-23/h4-16H,17H2,1-3H3,(H,26,28)/b25-16-. The van der Waals surface area contributed by atoms with Crippen molar-refractivity contribution in [2.45, 2.75) is 25.7 Å². The van der Waals surface area contributed by atoms with Gasteiger partial charge in [-0.1, -0.05) is 54.1 Å². The molecule has 1 amide bonds. The van der Waals surface area contributed by atoms with Crippen LogP contribution in [0.15, 0.2) is 82.8 Å². The lowest BCUT2D eigenvalue weighted by Gasteiger charge is -2.24. The Morgan fingerprint density at radius 2 is 1.68 bits per heavy atom.